The van der Waals surface area contributed by atoms with E-state index in [2.05, 4.69) is 36.4 Å². The molecule has 10 heteroatoms. The molecule has 0 aromatic carbocycles. The minimum absolute atomic E-state index is 0.0465. The van der Waals surface area contributed by atoms with E-state index in [1.54, 1.807) is 4.90 Å². The number of ether oxygens (including phenoxy) is 1. The molecule has 3 rings (SSSR count). The molecule has 1 saturated heterocycles. The number of amides is 4. The summed E-state index contributed by atoms with van der Waals surface area (Å²) in [5, 5.41) is 8.17. The maximum Gasteiger partial charge on any atom is 0.408 e. The molecule has 3 N–H and O–H groups in total. The zero-order valence-corrected chi connectivity index (χ0v) is 25.7. The first-order valence-electron chi connectivity index (χ1n) is 15.4. The number of fused-ring (bicyclic) bond motifs is 1. The Morgan fingerprint density at radius 3 is 2.29 bits per heavy atom. The van der Waals surface area contributed by atoms with Crippen LogP contribution in [-0.2, 0) is 23.9 Å². The summed E-state index contributed by atoms with van der Waals surface area (Å²) in [6.45, 7) is 15.9. The first kappa shape index (κ1) is 32.6. The highest BCUT2D eigenvalue weighted by molar-refractivity contribution is 6.38. The highest BCUT2D eigenvalue weighted by Gasteiger charge is 2.69. The fourth-order valence-corrected chi connectivity index (χ4v) is 6.53. The fraction of sp³-hybridized carbons (Fsp3) is 0.774. The third-order valence-corrected chi connectivity index (χ3v) is 9.49. The van der Waals surface area contributed by atoms with E-state index in [1.807, 2.05) is 27.7 Å². The van der Waals surface area contributed by atoms with Crippen molar-refractivity contribution in [1.29, 1.82) is 0 Å². The van der Waals surface area contributed by atoms with Crippen molar-refractivity contribution in [3.63, 3.8) is 0 Å². The van der Waals surface area contributed by atoms with Gasteiger partial charge in [0.1, 0.15) is 18.2 Å². The van der Waals surface area contributed by atoms with Gasteiger partial charge in [-0.2, -0.15) is 0 Å². The molecule has 10 nitrogen and oxygen atoms in total. The van der Waals surface area contributed by atoms with Crippen LogP contribution in [0.15, 0.2) is 12.7 Å². The second kappa shape index (κ2) is 13.8. The van der Waals surface area contributed by atoms with Gasteiger partial charge in [0.2, 0.25) is 17.6 Å². The van der Waals surface area contributed by atoms with E-state index in [-0.39, 0.29) is 47.6 Å². The minimum atomic E-state index is -0.991. The molecule has 6 unspecified atom stereocenters. The molecule has 6 atom stereocenters. The molecule has 2 saturated carbocycles. The van der Waals surface area contributed by atoms with Gasteiger partial charge < -0.3 is 25.6 Å². The Kier molecular flexibility index (Phi) is 11.0. The number of alkyl carbamates (subject to hydrolysis) is 1. The van der Waals surface area contributed by atoms with Crippen LogP contribution >= 0.6 is 0 Å². The first-order chi connectivity index (χ1) is 19.3. The molecule has 0 aromatic heterocycles. The van der Waals surface area contributed by atoms with Crippen molar-refractivity contribution in [2.45, 2.75) is 111 Å². The van der Waals surface area contributed by atoms with Crippen molar-refractivity contribution >= 4 is 29.6 Å². The van der Waals surface area contributed by atoms with E-state index in [0.29, 0.717) is 19.4 Å². The monoisotopic (exact) mass is 574 g/mol. The summed E-state index contributed by atoms with van der Waals surface area (Å²) < 4.78 is 5.56. The van der Waals surface area contributed by atoms with Crippen LogP contribution in [0.3, 0.4) is 0 Å². The number of likely N-dealkylation sites (tertiary alicyclic amines) is 1. The van der Waals surface area contributed by atoms with Crippen LogP contribution < -0.4 is 16.0 Å². The van der Waals surface area contributed by atoms with Gasteiger partial charge in [-0.3, -0.25) is 19.2 Å². The van der Waals surface area contributed by atoms with Crippen LogP contribution in [0.2, 0.25) is 0 Å². The molecule has 41 heavy (non-hydrogen) atoms. The van der Waals surface area contributed by atoms with Gasteiger partial charge in [0.15, 0.2) is 0 Å². The first-order valence-corrected chi connectivity index (χ1v) is 15.4. The molecule has 0 aromatic rings. The van der Waals surface area contributed by atoms with Gasteiger partial charge in [-0.05, 0) is 55.3 Å². The Bertz CT molecular complexity index is 1000. The average molecular weight is 575 g/mol. The molecule has 230 valence electrons. The smallest absolute Gasteiger partial charge is 0.408 e. The lowest BCUT2D eigenvalue weighted by Gasteiger charge is -2.37. The highest BCUT2D eigenvalue weighted by Crippen LogP contribution is 2.65. The number of piperidine rings is 1. The lowest BCUT2D eigenvalue weighted by Crippen LogP contribution is -2.59. The van der Waals surface area contributed by atoms with E-state index >= 15 is 0 Å². The molecule has 0 radical (unpaired) electrons. The molecule has 1 heterocycles. The summed E-state index contributed by atoms with van der Waals surface area (Å²) in [6, 6.07) is -2.57. The lowest BCUT2D eigenvalue weighted by molar-refractivity contribution is -0.145. The number of nitrogens with one attached hydrogen (secondary N) is 3. The Hall–Kier alpha value is -2.91. The van der Waals surface area contributed by atoms with Crippen molar-refractivity contribution in [2.24, 2.45) is 29.1 Å². The number of rotatable bonds is 13. The van der Waals surface area contributed by atoms with Crippen molar-refractivity contribution in [3.8, 4) is 0 Å². The summed E-state index contributed by atoms with van der Waals surface area (Å²) in [7, 11) is 0. The highest BCUT2D eigenvalue weighted by atomic mass is 16.6. The molecular formula is C31H50N4O6. The van der Waals surface area contributed by atoms with Gasteiger partial charge in [0, 0.05) is 13.1 Å². The van der Waals surface area contributed by atoms with Crippen LogP contribution in [0.4, 0.5) is 4.79 Å². The van der Waals surface area contributed by atoms with Crippen LogP contribution in [0.5, 0.6) is 0 Å². The molecule has 2 aliphatic carbocycles. The van der Waals surface area contributed by atoms with Gasteiger partial charge in [-0.1, -0.05) is 66.4 Å². The second-order valence-corrected chi connectivity index (χ2v) is 13.0. The summed E-state index contributed by atoms with van der Waals surface area (Å²) in [5.41, 5.74) is -0.135. The number of nitrogens with zero attached hydrogens (tertiary/aromatic N) is 1. The normalized spacial score (nSPS) is 25.3. The van der Waals surface area contributed by atoms with Crippen molar-refractivity contribution in [3.05, 3.63) is 12.7 Å². The van der Waals surface area contributed by atoms with Crippen molar-refractivity contribution in [1.82, 2.24) is 20.9 Å². The number of ketones is 1. The van der Waals surface area contributed by atoms with Crippen molar-refractivity contribution < 1.29 is 28.7 Å². The summed E-state index contributed by atoms with van der Waals surface area (Å²) in [6.07, 6.45) is 6.09. The number of hydrogen-bond acceptors (Lipinski definition) is 6. The number of carbonyl (C=O) groups excluding carboxylic acids is 5. The second-order valence-electron chi connectivity index (χ2n) is 13.0. The average Bonchev–Trinajstić information content (AvgIpc) is 3.25. The molecule has 3 fully saturated rings. The van der Waals surface area contributed by atoms with Gasteiger partial charge in [0.25, 0.3) is 5.91 Å². The zero-order valence-electron chi connectivity index (χ0n) is 25.7. The van der Waals surface area contributed by atoms with E-state index < -0.39 is 41.8 Å². The summed E-state index contributed by atoms with van der Waals surface area (Å²) in [5.74, 6) is -2.05. The van der Waals surface area contributed by atoms with Crippen molar-refractivity contribution in [2.75, 3.05) is 13.1 Å². The lowest BCUT2D eigenvalue weighted by atomic mass is 9.83. The Balaban J connectivity index is 1.83. The minimum Gasteiger partial charge on any atom is -0.446 e. The molecule has 4 amide bonds. The van der Waals surface area contributed by atoms with Crippen LogP contribution in [0.25, 0.3) is 0 Å². The largest absolute Gasteiger partial charge is 0.446 e. The predicted octanol–water partition coefficient (Wildman–Crippen LogP) is 3.35. The molecule has 3 aliphatic rings. The van der Waals surface area contributed by atoms with E-state index in [4.69, 9.17) is 4.74 Å². The van der Waals surface area contributed by atoms with Gasteiger partial charge in [-0.15, -0.1) is 6.58 Å². The van der Waals surface area contributed by atoms with Gasteiger partial charge in [-0.25, -0.2) is 4.79 Å². The third-order valence-electron chi connectivity index (χ3n) is 9.49. The summed E-state index contributed by atoms with van der Waals surface area (Å²) in [4.78, 5) is 67.8. The fourth-order valence-electron chi connectivity index (χ4n) is 6.53. The van der Waals surface area contributed by atoms with Crippen LogP contribution in [-0.4, -0.2) is 71.8 Å². The Morgan fingerprint density at radius 2 is 1.71 bits per heavy atom. The number of carbonyl (C=O) groups is 5. The predicted molar refractivity (Wildman–Crippen MR) is 156 cm³/mol. The zero-order chi connectivity index (χ0) is 30.5. The molecule has 0 bridgehead atoms. The molecule has 0 spiro atoms. The topological polar surface area (TPSA) is 134 Å². The number of hydrogen-bond donors (Lipinski definition) is 3. The molecule has 1 aliphatic heterocycles. The quantitative estimate of drug-likeness (QED) is 0.228. The maximum absolute atomic E-state index is 14.2. The third kappa shape index (κ3) is 7.49. The maximum atomic E-state index is 14.2. The number of Topliss-reactive ketones (excluding diaryl/α,β-unsaturated/α-hetero) is 1. The molecular weight excluding hydrogens is 524 g/mol. The van der Waals surface area contributed by atoms with E-state index in [9.17, 15) is 24.0 Å². The van der Waals surface area contributed by atoms with Gasteiger partial charge in [0.05, 0.1) is 6.04 Å². The van der Waals surface area contributed by atoms with Gasteiger partial charge >= 0.3 is 6.09 Å². The van der Waals surface area contributed by atoms with Crippen LogP contribution in [0.1, 0.15) is 86.5 Å². The Labute approximate surface area is 244 Å². The summed E-state index contributed by atoms with van der Waals surface area (Å²) >= 11 is 0. The Morgan fingerprint density at radius 1 is 1.05 bits per heavy atom. The van der Waals surface area contributed by atoms with Crippen LogP contribution in [0, 0.1) is 29.1 Å². The van der Waals surface area contributed by atoms with E-state index in [0.717, 1.165) is 32.1 Å². The van der Waals surface area contributed by atoms with E-state index in [1.165, 1.54) is 6.08 Å². The SMILES string of the molecule is C=CCNC(=O)C(=O)C(CCC)NC(=O)C1C2C(CN1C(=O)C(NC(=O)OC(C)C(C)C)C1CCCCC1)C2(C)C. The standard InChI is InChI=1S/C31H50N4O6/c1-8-13-22(26(36)28(38)32-16-9-2)33-27(37)25-23-21(31(23,6)7)17-35(25)29(39)24(20-14-11-10-12-15-20)34-30(40)41-19(5)18(3)4/h9,18-25H,2,8,10-17H2,1,3-7H3,(H,32,38)(H,33,37)(H,34,40).